The fraction of sp³-hybridized carbons (Fsp3) is 0.562. The molecular formula is C16H21ClN2O2. The van der Waals surface area contributed by atoms with Crippen molar-refractivity contribution in [3.8, 4) is 5.75 Å². The van der Waals surface area contributed by atoms with E-state index in [9.17, 15) is 9.90 Å². The molecule has 0 aliphatic carbocycles. The van der Waals surface area contributed by atoms with Gasteiger partial charge in [0, 0.05) is 24.2 Å². The van der Waals surface area contributed by atoms with Crippen LogP contribution in [0.3, 0.4) is 0 Å². The van der Waals surface area contributed by atoms with Gasteiger partial charge in [-0.15, -0.1) is 0 Å². The summed E-state index contributed by atoms with van der Waals surface area (Å²) in [7, 11) is 0. The van der Waals surface area contributed by atoms with Crippen LogP contribution in [-0.2, 0) is 0 Å². The third-order valence-electron chi connectivity index (χ3n) is 4.55. The van der Waals surface area contributed by atoms with E-state index in [1.165, 1.54) is 25.3 Å². The maximum Gasteiger partial charge on any atom is 0.257 e. The monoisotopic (exact) mass is 308 g/mol. The predicted octanol–water partition coefficient (Wildman–Crippen LogP) is 2.75. The van der Waals surface area contributed by atoms with Gasteiger partial charge in [0.25, 0.3) is 5.91 Å². The van der Waals surface area contributed by atoms with E-state index in [2.05, 4.69) is 4.90 Å². The molecule has 0 aromatic heterocycles. The number of hydrogen-bond acceptors (Lipinski definition) is 3. The largest absolute Gasteiger partial charge is 0.507 e. The topological polar surface area (TPSA) is 43.8 Å². The van der Waals surface area contributed by atoms with Crippen LogP contribution in [0.2, 0.25) is 5.02 Å². The summed E-state index contributed by atoms with van der Waals surface area (Å²) in [4.78, 5) is 16.9. The van der Waals surface area contributed by atoms with E-state index in [0.717, 1.165) is 32.6 Å². The first kappa shape index (κ1) is 14.7. The zero-order valence-electron chi connectivity index (χ0n) is 12.1. The minimum absolute atomic E-state index is 0.00539. The summed E-state index contributed by atoms with van der Waals surface area (Å²) in [5.74, 6) is -0.111. The summed E-state index contributed by atoms with van der Waals surface area (Å²) >= 11 is 5.93. The van der Waals surface area contributed by atoms with Crippen LogP contribution in [0, 0.1) is 0 Å². The lowest BCUT2D eigenvalue weighted by molar-refractivity contribution is 0.0768. The molecule has 2 aliphatic heterocycles. The van der Waals surface area contributed by atoms with Gasteiger partial charge in [-0.05, 0) is 50.6 Å². The molecule has 0 saturated carbocycles. The van der Waals surface area contributed by atoms with Crippen LogP contribution in [0.25, 0.3) is 0 Å². The van der Waals surface area contributed by atoms with Crippen molar-refractivity contribution < 1.29 is 9.90 Å². The van der Waals surface area contributed by atoms with E-state index in [4.69, 9.17) is 11.6 Å². The number of phenolic OH excluding ortho intramolecular Hbond substituents is 1. The normalized spacial score (nSPS) is 23.5. The number of likely N-dealkylation sites (tertiary alicyclic amines) is 2. The Bertz CT molecular complexity index is 529. The van der Waals surface area contributed by atoms with Gasteiger partial charge in [0.05, 0.1) is 5.56 Å². The van der Waals surface area contributed by atoms with Crippen LogP contribution in [0.5, 0.6) is 5.75 Å². The number of aromatic hydroxyl groups is 1. The lowest BCUT2D eigenvalue weighted by Crippen LogP contribution is -2.41. The molecule has 1 unspecified atom stereocenters. The Kier molecular flexibility index (Phi) is 4.36. The number of phenols is 1. The van der Waals surface area contributed by atoms with Crippen molar-refractivity contribution in [2.75, 3.05) is 26.2 Å². The van der Waals surface area contributed by atoms with E-state index >= 15 is 0 Å². The molecule has 0 bridgehead atoms. The molecule has 1 amide bonds. The summed E-state index contributed by atoms with van der Waals surface area (Å²) in [6.07, 6.45) is 4.87. The van der Waals surface area contributed by atoms with Crippen LogP contribution >= 0.6 is 11.6 Å². The van der Waals surface area contributed by atoms with Gasteiger partial charge < -0.3 is 10.0 Å². The Morgan fingerprint density at radius 1 is 1.19 bits per heavy atom. The molecule has 5 heteroatoms. The van der Waals surface area contributed by atoms with Gasteiger partial charge in [0.1, 0.15) is 5.75 Å². The van der Waals surface area contributed by atoms with Crippen LogP contribution in [0.4, 0.5) is 0 Å². The maximum absolute atomic E-state index is 12.5. The zero-order valence-corrected chi connectivity index (χ0v) is 12.9. The lowest BCUT2D eigenvalue weighted by atomic mass is 10.1. The smallest absolute Gasteiger partial charge is 0.257 e. The van der Waals surface area contributed by atoms with Gasteiger partial charge in [0.15, 0.2) is 0 Å². The number of rotatable bonds is 2. The summed E-state index contributed by atoms with van der Waals surface area (Å²) < 4.78 is 0. The first-order valence-corrected chi connectivity index (χ1v) is 8.05. The fourth-order valence-electron chi connectivity index (χ4n) is 3.36. The summed E-state index contributed by atoms with van der Waals surface area (Å²) in [6.45, 7) is 3.81. The van der Waals surface area contributed by atoms with Crippen molar-refractivity contribution in [1.82, 2.24) is 9.80 Å². The van der Waals surface area contributed by atoms with Crippen LogP contribution in [0.15, 0.2) is 18.2 Å². The van der Waals surface area contributed by atoms with E-state index in [1.54, 1.807) is 12.1 Å². The number of amides is 1. The zero-order chi connectivity index (χ0) is 14.8. The highest BCUT2D eigenvalue weighted by Gasteiger charge is 2.32. The molecule has 2 heterocycles. The molecule has 1 aromatic rings. The first-order chi connectivity index (χ1) is 10.1. The van der Waals surface area contributed by atoms with Crippen LogP contribution in [-0.4, -0.2) is 53.0 Å². The van der Waals surface area contributed by atoms with E-state index < -0.39 is 0 Å². The van der Waals surface area contributed by atoms with Crippen molar-refractivity contribution >= 4 is 17.5 Å². The molecule has 1 N–H and O–H groups in total. The second-order valence-electron chi connectivity index (χ2n) is 5.95. The highest BCUT2D eigenvalue weighted by atomic mass is 35.5. The average Bonchev–Trinajstić information content (AvgIpc) is 3.00. The number of carbonyl (C=O) groups is 1. The average molecular weight is 309 g/mol. The number of nitrogens with zero attached hydrogens (tertiary/aromatic N) is 2. The molecule has 4 nitrogen and oxygen atoms in total. The Morgan fingerprint density at radius 2 is 1.95 bits per heavy atom. The molecule has 21 heavy (non-hydrogen) atoms. The minimum atomic E-state index is -0.116. The molecule has 0 spiro atoms. The molecular weight excluding hydrogens is 288 g/mol. The molecule has 2 fully saturated rings. The third kappa shape index (κ3) is 3.16. The fourth-order valence-corrected chi connectivity index (χ4v) is 3.53. The van der Waals surface area contributed by atoms with Gasteiger partial charge in [-0.25, -0.2) is 0 Å². The second kappa shape index (κ2) is 6.24. The van der Waals surface area contributed by atoms with Crippen molar-refractivity contribution in [1.29, 1.82) is 0 Å². The molecule has 2 aliphatic rings. The second-order valence-corrected chi connectivity index (χ2v) is 6.39. The van der Waals surface area contributed by atoms with Gasteiger partial charge in [0.2, 0.25) is 0 Å². The highest BCUT2D eigenvalue weighted by Crippen LogP contribution is 2.26. The molecule has 3 rings (SSSR count). The highest BCUT2D eigenvalue weighted by molar-refractivity contribution is 6.31. The summed E-state index contributed by atoms with van der Waals surface area (Å²) in [6, 6.07) is 5.09. The van der Waals surface area contributed by atoms with Crippen molar-refractivity contribution in [3.63, 3.8) is 0 Å². The van der Waals surface area contributed by atoms with Gasteiger partial charge in [-0.3, -0.25) is 9.69 Å². The Balaban J connectivity index is 1.67. The number of benzene rings is 1. The van der Waals surface area contributed by atoms with Crippen LogP contribution < -0.4 is 0 Å². The Morgan fingerprint density at radius 3 is 2.71 bits per heavy atom. The minimum Gasteiger partial charge on any atom is -0.507 e. The quantitative estimate of drug-likeness (QED) is 0.913. The standard InChI is InChI=1S/C16H21ClN2O2/c17-12-4-5-15(20)14(10-12)16(21)19-9-6-13(11-19)18-7-2-1-3-8-18/h4-5,10,13,20H,1-3,6-9,11H2. The number of carbonyl (C=O) groups excluding carboxylic acids is 1. The lowest BCUT2D eigenvalue weighted by Gasteiger charge is -2.32. The van der Waals surface area contributed by atoms with Gasteiger partial charge in [-0.2, -0.15) is 0 Å². The molecule has 0 radical (unpaired) electrons. The van der Waals surface area contributed by atoms with Gasteiger partial charge >= 0.3 is 0 Å². The number of piperidine rings is 1. The molecule has 1 aromatic carbocycles. The van der Waals surface area contributed by atoms with Crippen molar-refractivity contribution in [3.05, 3.63) is 28.8 Å². The van der Waals surface area contributed by atoms with E-state index in [1.807, 2.05) is 4.90 Å². The third-order valence-corrected chi connectivity index (χ3v) is 4.78. The predicted molar refractivity (Wildman–Crippen MR) is 82.8 cm³/mol. The first-order valence-electron chi connectivity index (χ1n) is 7.67. The molecule has 2 saturated heterocycles. The molecule has 114 valence electrons. The number of halogens is 1. The van der Waals surface area contributed by atoms with E-state index in [-0.39, 0.29) is 11.7 Å². The Hall–Kier alpha value is -1.26. The van der Waals surface area contributed by atoms with Gasteiger partial charge in [-0.1, -0.05) is 18.0 Å². The van der Waals surface area contributed by atoms with Crippen molar-refractivity contribution in [2.45, 2.75) is 31.7 Å². The molecule has 1 atom stereocenters. The van der Waals surface area contributed by atoms with E-state index in [0.29, 0.717) is 16.6 Å². The van der Waals surface area contributed by atoms with Crippen LogP contribution in [0.1, 0.15) is 36.0 Å². The summed E-state index contributed by atoms with van der Waals surface area (Å²) in [5, 5.41) is 10.3. The maximum atomic E-state index is 12.5. The number of hydrogen-bond donors (Lipinski definition) is 1. The SMILES string of the molecule is O=C(c1cc(Cl)ccc1O)N1CCC(N2CCCCC2)C1. The Labute approximate surface area is 130 Å². The van der Waals surface area contributed by atoms with Crippen molar-refractivity contribution in [2.24, 2.45) is 0 Å². The summed E-state index contributed by atoms with van der Waals surface area (Å²) in [5.41, 5.74) is 0.307.